The molecule has 0 saturated carbocycles. The topological polar surface area (TPSA) is 0 Å². The molecule has 0 bridgehead atoms. The van der Waals surface area contributed by atoms with Gasteiger partial charge in [-0.05, 0) is 5.54 Å². The van der Waals surface area contributed by atoms with E-state index in [1.54, 1.807) is 0 Å². The smallest absolute Gasteiger partial charge is 0.0222 e. The van der Waals surface area contributed by atoms with Crippen LogP contribution < -0.4 is 0 Å². The zero-order valence-electron chi connectivity index (χ0n) is 3.85. The Labute approximate surface area is 42.0 Å². The molecular weight excluding hydrogens is 88.1 g/mol. The van der Waals surface area contributed by atoms with Crippen molar-refractivity contribution < 1.29 is 0 Å². The monoisotopic (exact) mass is 97.0 g/mol. The third-order valence-corrected chi connectivity index (χ3v) is 1.27. The average Bonchev–Trinajstić information content (AvgIpc) is 1.65. The minimum atomic E-state index is 0.491. The van der Waals surface area contributed by atoms with Gasteiger partial charge in [0.05, 0.1) is 0 Å². The van der Waals surface area contributed by atoms with Gasteiger partial charge in [-0.3, -0.25) is 0 Å². The minimum absolute atomic E-state index is 0.491. The quantitative estimate of drug-likeness (QED) is 0.353. The van der Waals surface area contributed by atoms with E-state index >= 15 is 0 Å². The van der Waals surface area contributed by atoms with E-state index in [4.69, 9.17) is 0 Å². The van der Waals surface area contributed by atoms with E-state index in [0.29, 0.717) is 5.54 Å². The van der Waals surface area contributed by atoms with E-state index in [-0.39, 0.29) is 0 Å². The summed E-state index contributed by atoms with van der Waals surface area (Å²) in [6.45, 7) is 7.13. The largest absolute Gasteiger partial charge is 0.103 e. The molecular formula is C5H9Si. The van der Waals surface area contributed by atoms with E-state index < -0.39 is 0 Å². The number of rotatable bonds is 2. The van der Waals surface area contributed by atoms with Crippen LogP contribution in [0.15, 0.2) is 25.3 Å². The molecule has 0 aliphatic carbocycles. The molecule has 0 rings (SSSR count). The fourth-order valence-electron chi connectivity index (χ4n) is 0.0962. The van der Waals surface area contributed by atoms with Crippen molar-refractivity contribution in [2.24, 2.45) is 0 Å². The maximum Gasteiger partial charge on any atom is 0.0222 e. The lowest BCUT2D eigenvalue weighted by molar-refractivity contribution is 1.40. The molecule has 0 aromatic heterocycles. The first kappa shape index (κ1) is 5.70. The van der Waals surface area contributed by atoms with Crippen LogP contribution >= 0.6 is 0 Å². The molecule has 1 radical (unpaired) electrons. The van der Waals surface area contributed by atoms with Gasteiger partial charge in [0.15, 0.2) is 0 Å². The van der Waals surface area contributed by atoms with Gasteiger partial charge in [-0.25, -0.2) is 0 Å². The fraction of sp³-hybridized carbons (Fsp3) is 0.200. The Bertz CT molecular complexity index is 49.0. The first-order chi connectivity index (χ1) is 2.81. The number of allylic oxidation sites excluding steroid dienone is 2. The van der Waals surface area contributed by atoms with Gasteiger partial charge in [0, 0.05) is 10.2 Å². The lowest BCUT2D eigenvalue weighted by Crippen LogP contribution is -1.74. The molecule has 0 nitrogen and oxygen atoms in total. The highest BCUT2D eigenvalue weighted by atomic mass is 28.1. The molecule has 0 atom stereocenters. The van der Waals surface area contributed by atoms with Crippen LogP contribution in [0.1, 0.15) is 0 Å². The second-order valence-corrected chi connectivity index (χ2v) is 2.08. The molecule has 0 saturated heterocycles. The van der Waals surface area contributed by atoms with Crippen LogP contribution in [0.2, 0.25) is 5.54 Å². The van der Waals surface area contributed by atoms with Gasteiger partial charge >= 0.3 is 0 Å². The molecule has 6 heavy (non-hydrogen) atoms. The van der Waals surface area contributed by atoms with Crippen molar-refractivity contribution in [1.29, 1.82) is 0 Å². The zero-order chi connectivity index (χ0) is 4.99. The lowest BCUT2D eigenvalue weighted by Gasteiger charge is -1.87. The van der Waals surface area contributed by atoms with Gasteiger partial charge in [-0.1, -0.05) is 12.2 Å². The maximum atomic E-state index is 3.57. The Morgan fingerprint density at radius 3 is 1.67 bits per heavy atom. The summed E-state index contributed by atoms with van der Waals surface area (Å²) in [5.41, 5.74) is 0.491. The Balaban J connectivity index is 3.21. The van der Waals surface area contributed by atoms with Gasteiger partial charge in [0.1, 0.15) is 0 Å². The van der Waals surface area contributed by atoms with Crippen molar-refractivity contribution in [1.82, 2.24) is 0 Å². The van der Waals surface area contributed by atoms with E-state index in [1.165, 1.54) is 0 Å². The molecule has 0 amide bonds. The first-order valence-electron chi connectivity index (χ1n) is 1.89. The number of hydrogen-bond acceptors (Lipinski definition) is 0. The summed E-state index contributed by atoms with van der Waals surface area (Å²) in [7, 11) is 1.86. The molecule has 0 aromatic rings. The standard InChI is InChI=1S/C5H9Si/c1-3-5(6)4-2/h3-5H,1-2,6H2. The second kappa shape index (κ2) is 2.91. The number of hydrogen-bond donors (Lipinski definition) is 0. The van der Waals surface area contributed by atoms with Crippen LogP contribution in [0.25, 0.3) is 0 Å². The van der Waals surface area contributed by atoms with Crippen LogP contribution in [0.5, 0.6) is 0 Å². The summed E-state index contributed by atoms with van der Waals surface area (Å²) >= 11 is 0. The van der Waals surface area contributed by atoms with Gasteiger partial charge in [0.2, 0.25) is 0 Å². The third kappa shape index (κ3) is 1.97. The molecule has 0 heterocycles. The van der Waals surface area contributed by atoms with Crippen LogP contribution in [-0.2, 0) is 0 Å². The Kier molecular flexibility index (Phi) is 2.76. The van der Waals surface area contributed by atoms with Crippen LogP contribution in [0, 0.1) is 0 Å². The molecule has 0 fully saturated rings. The fourth-order valence-corrected chi connectivity index (χ4v) is 0.0962. The predicted octanol–water partition coefficient (Wildman–Crippen LogP) is 0.780. The van der Waals surface area contributed by atoms with Gasteiger partial charge < -0.3 is 0 Å². The van der Waals surface area contributed by atoms with Crippen molar-refractivity contribution in [3.63, 3.8) is 0 Å². The van der Waals surface area contributed by atoms with Crippen molar-refractivity contribution >= 4 is 10.2 Å². The van der Waals surface area contributed by atoms with Gasteiger partial charge in [0.25, 0.3) is 0 Å². The first-order valence-corrected chi connectivity index (χ1v) is 2.71. The third-order valence-electron chi connectivity index (χ3n) is 0.605. The normalized spacial score (nSPS) is 8.33. The van der Waals surface area contributed by atoms with Gasteiger partial charge in [-0.15, -0.1) is 13.2 Å². The van der Waals surface area contributed by atoms with Gasteiger partial charge in [-0.2, -0.15) is 0 Å². The maximum absolute atomic E-state index is 3.57. The van der Waals surface area contributed by atoms with Crippen LogP contribution in [0.3, 0.4) is 0 Å². The predicted molar refractivity (Wildman–Crippen MR) is 32.7 cm³/mol. The van der Waals surface area contributed by atoms with Crippen molar-refractivity contribution in [3.05, 3.63) is 25.3 Å². The average molecular weight is 97.2 g/mol. The van der Waals surface area contributed by atoms with Crippen LogP contribution in [-0.4, -0.2) is 10.2 Å². The highest BCUT2D eigenvalue weighted by molar-refractivity contribution is 6.14. The SMILES string of the molecule is C=CC([SiH2])C=C. The molecule has 0 unspecified atom stereocenters. The summed E-state index contributed by atoms with van der Waals surface area (Å²) in [5.74, 6) is 0. The second-order valence-electron chi connectivity index (χ2n) is 1.14. The molecule has 0 aromatic carbocycles. The minimum Gasteiger partial charge on any atom is -0.103 e. The van der Waals surface area contributed by atoms with Crippen LogP contribution in [0.4, 0.5) is 0 Å². The Morgan fingerprint density at radius 1 is 1.33 bits per heavy atom. The van der Waals surface area contributed by atoms with Crippen molar-refractivity contribution in [2.75, 3.05) is 0 Å². The summed E-state index contributed by atoms with van der Waals surface area (Å²) in [5, 5.41) is 0. The molecule has 1 heteroatoms. The highest BCUT2D eigenvalue weighted by Crippen LogP contribution is 1.96. The van der Waals surface area contributed by atoms with E-state index in [0.717, 1.165) is 0 Å². The van der Waals surface area contributed by atoms with E-state index in [2.05, 4.69) is 13.2 Å². The molecule has 0 spiro atoms. The van der Waals surface area contributed by atoms with E-state index in [1.807, 2.05) is 22.4 Å². The summed E-state index contributed by atoms with van der Waals surface area (Å²) in [6, 6.07) is 0. The lowest BCUT2D eigenvalue weighted by atomic mass is 10.4. The summed E-state index contributed by atoms with van der Waals surface area (Å²) < 4.78 is 0. The zero-order valence-corrected chi connectivity index (χ0v) is 5.27. The molecule has 0 N–H and O–H groups in total. The summed E-state index contributed by atoms with van der Waals surface area (Å²) in [6.07, 6.45) is 3.73. The molecule has 0 aliphatic heterocycles. The van der Waals surface area contributed by atoms with Crippen molar-refractivity contribution in [2.45, 2.75) is 5.54 Å². The molecule has 33 valence electrons. The van der Waals surface area contributed by atoms with Crippen molar-refractivity contribution in [3.8, 4) is 0 Å². The molecule has 0 aliphatic rings. The Morgan fingerprint density at radius 2 is 1.67 bits per heavy atom. The summed E-state index contributed by atoms with van der Waals surface area (Å²) in [4.78, 5) is 0. The highest BCUT2D eigenvalue weighted by Gasteiger charge is 1.79. The van der Waals surface area contributed by atoms with E-state index in [9.17, 15) is 0 Å². The Hall–Kier alpha value is -0.303.